The van der Waals surface area contributed by atoms with Crippen molar-refractivity contribution in [2.75, 3.05) is 18.9 Å². The van der Waals surface area contributed by atoms with Gasteiger partial charge in [0.25, 0.3) is 5.91 Å². The molecule has 1 amide bonds. The van der Waals surface area contributed by atoms with Crippen LogP contribution in [0.3, 0.4) is 0 Å². The van der Waals surface area contributed by atoms with Gasteiger partial charge in [0.15, 0.2) is 5.69 Å². The van der Waals surface area contributed by atoms with Crippen LogP contribution in [-0.2, 0) is 0 Å². The van der Waals surface area contributed by atoms with E-state index in [0.717, 1.165) is 23.1 Å². The molecule has 0 unspecified atom stereocenters. The number of fused-ring (bicyclic) bond motifs is 1. The van der Waals surface area contributed by atoms with Crippen LogP contribution >= 0.6 is 0 Å². The second-order valence-corrected chi connectivity index (χ2v) is 7.24. The maximum Gasteiger partial charge on any atom is 0.274 e. The first kappa shape index (κ1) is 20.4. The molecule has 0 spiro atoms. The van der Waals surface area contributed by atoms with Gasteiger partial charge >= 0.3 is 0 Å². The third-order valence-electron chi connectivity index (χ3n) is 5.16. The van der Waals surface area contributed by atoms with Crippen LogP contribution < -0.4 is 5.32 Å². The van der Waals surface area contributed by atoms with Crippen molar-refractivity contribution in [1.82, 2.24) is 34.8 Å². The van der Waals surface area contributed by atoms with Gasteiger partial charge in [0, 0.05) is 25.3 Å². The van der Waals surface area contributed by atoms with Crippen molar-refractivity contribution in [3.63, 3.8) is 0 Å². The van der Waals surface area contributed by atoms with Crippen molar-refractivity contribution in [2.24, 2.45) is 0 Å². The number of hydrogen-bond acceptors (Lipinski definition) is 7. The summed E-state index contributed by atoms with van der Waals surface area (Å²) in [5.74, 6) is 0.488. The van der Waals surface area contributed by atoms with Crippen molar-refractivity contribution < 1.29 is 4.79 Å². The summed E-state index contributed by atoms with van der Waals surface area (Å²) in [5, 5.41) is 11.6. The lowest BCUT2D eigenvalue weighted by atomic mass is 10.1. The van der Waals surface area contributed by atoms with Crippen LogP contribution in [0.2, 0.25) is 0 Å². The quantitative estimate of drug-likeness (QED) is 0.494. The lowest BCUT2D eigenvalue weighted by Crippen LogP contribution is -2.42. The van der Waals surface area contributed by atoms with E-state index in [4.69, 9.17) is 0 Å². The summed E-state index contributed by atoms with van der Waals surface area (Å²) in [6.07, 6.45) is 5.61. The minimum Gasteiger partial charge on any atom is -0.367 e. The molecule has 0 bridgehead atoms. The summed E-state index contributed by atoms with van der Waals surface area (Å²) in [6.45, 7) is 4.43. The van der Waals surface area contributed by atoms with Crippen LogP contribution in [0, 0.1) is 6.92 Å². The number of benzene rings is 1. The molecule has 3 aromatic heterocycles. The molecule has 1 atom stereocenters. The Hall–Kier alpha value is -3.88. The summed E-state index contributed by atoms with van der Waals surface area (Å²) in [5.41, 5.74) is 3.30. The van der Waals surface area contributed by atoms with E-state index < -0.39 is 0 Å². The maximum atomic E-state index is 13.3. The minimum absolute atomic E-state index is 0.0680. The number of anilines is 1. The summed E-state index contributed by atoms with van der Waals surface area (Å²) in [6, 6.07) is 11.3. The van der Waals surface area contributed by atoms with E-state index in [1.807, 2.05) is 50.2 Å². The Bertz CT molecular complexity index is 1190. The van der Waals surface area contributed by atoms with Gasteiger partial charge in [-0.2, -0.15) is 10.2 Å². The van der Waals surface area contributed by atoms with Crippen LogP contribution in [0.5, 0.6) is 0 Å². The number of aryl methyl sites for hydroxylation is 1. The van der Waals surface area contributed by atoms with Crippen molar-refractivity contribution in [2.45, 2.75) is 26.3 Å². The summed E-state index contributed by atoms with van der Waals surface area (Å²) < 4.78 is 0. The molecule has 0 aliphatic rings. The Morgan fingerprint density at radius 1 is 1.10 bits per heavy atom. The molecule has 9 heteroatoms. The minimum atomic E-state index is -0.186. The van der Waals surface area contributed by atoms with Gasteiger partial charge < -0.3 is 10.2 Å². The van der Waals surface area contributed by atoms with E-state index in [2.05, 4.69) is 30.5 Å². The highest BCUT2D eigenvalue weighted by atomic mass is 16.2. The number of likely N-dealkylation sites (N-methyl/N-ethyl adjacent to an activating group) is 1. The number of carbonyl (C=O) groups is 1. The highest BCUT2D eigenvalue weighted by molar-refractivity contribution is 5.95. The SMILES string of the molecule is CC[C@@H](CNc1cnc2ccccc2n1)N(C)C(=O)c1nc(C)ccc1-n1nccn1. The molecular formula is C22H24N8O. The topological polar surface area (TPSA) is 102 Å². The molecule has 0 saturated carbocycles. The second-order valence-electron chi connectivity index (χ2n) is 7.24. The van der Waals surface area contributed by atoms with E-state index in [9.17, 15) is 4.79 Å². The van der Waals surface area contributed by atoms with Gasteiger partial charge in [-0.15, -0.1) is 4.80 Å². The number of nitrogens with zero attached hydrogens (tertiary/aromatic N) is 7. The zero-order valence-electron chi connectivity index (χ0n) is 17.7. The number of nitrogens with one attached hydrogen (secondary N) is 1. The van der Waals surface area contributed by atoms with Crippen molar-refractivity contribution >= 4 is 22.8 Å². The van der Waals surface area contributed by atoms with E-state index in [1.165, 1.54) is 4.80 Å². The first-order valence-corrected chi connectivity index (χ1v) is 10.1. The van der Waals surface area contributed by atoms with Crippen molar-refractivity contribution in [3.8, 4) is 5.69 Å². The molecule has 4 aromatic rings. The Morgan fingerprint density at radius 2 is 1.84 bits per heavy atom. The Balaban J connectivity index is 1.52. The Morgan fingerprint density at radius 3 is 2.58 bits per heavy atom. The smallest absolute Gasteiger partial charge is 0.274 e. The van der Waals surface area contributed by atoms with Crippen molar-refractivity contribution in [1.29, 1.82) is 0 Å². The van der Waals surface area contributed by atoms with E-state index >= 15 is 0 Å². The molecule has 0 aliphatic heterocycles. The normalized spacial score (nSPS) is 12.0. The van der Waals surface area contributed by atoms with Crippen LogP contribution in [-0.4, -0.2) is 60.4 Å². The number of amides is 1. The second kappa shape index (κ2) is 8.86. The van der Waals surface area contributed by atoms with Crippen molar-refractivity contribution in [3.05, 3.63) is 66.4 Å². The molecule has 1 N–H and O–H groups in total. The fraction of sp³-hybridized carbons (Fsp3) is 0.273. The Labute approximate surface area is 180 Å². The largest absolute Gasteiger partial charge is 0.367 e. The van der Waals surface area contributed by atoms with Crippen LogP contribution in [0.15, 0.2) is 55.0 Å². The van der Waals surface area contributed by atoms with Gasteiger partial charge in [-0.05, 0) is 37.6 Å². The lowest BCUT2D eigenvalue weighted by molar-refractivity contribution is 0.0729. The number of pyridine rings is 1. The zero-order valence-corrected chi connectivity index (χ0v) is 17.7. The number of aromatic nitrogens is 6. The molecular weight excluding hydrogens is 392 g/mol. The molecule has 31 heavy (non-hydrogen) atoms. The molecule has 158 valence electrons. The molecule has 0 saturated heterocycles. The van der Waals surface area contributed by atoms with Gasteiger partial charge in [0.1, 0.15) is 11.5 Å². The number of carbonyl (C=O) groups excluding carboxylic acids is 1. The van der Waals surface area contributed by atoms with Gasteiger partial charge in [-0.1, -0.05) is 19.1 Å². The highest BCUT2D eigenvalue weighted by Gasteiger charge is 2.24. The number of para-hydroxylation sites is 2. The highest BCUT2D eigenvalue weighted by Crippen LogP contribution is 2.17. The van der Waals surface area contributed by atoms with E-state index in [0.29, 0.717) is 23.7 Å². The summed E-state index contributed by atoms with van der Waals surface area (Å²) in [7, 11) is 1.79. The molecule has 1 aromatic carbocycles. The summed E-state index contributed by atoms with van der Waals surface area (Å²) >= 11 is 0. The van der Waals surface area contributed by atoms with Gasteiger partial charge in [-0.3, -0.25) is 9.78 Å². The number of hydrogen-bond donors (Lipinski definition) is 1. The van der Waals surface area contributed by atoms with E-state index in [-0.39, 0.29) is 11.9 Å². The Kier molecular flexibility index (Phi) is 5.83. The first-order valence-electron chi connectivity index (χ1n) is 10.1. The van der Waals surface area contributed by atoms with Crippen LogP contribution in [0.1, 0.15) is 29.5 Å². The average Bonchev–Trinajstić information content (AvgIpc) is 3.33. The molecule has 3 heterocycles. The fourth-order valence-electron chi connectivity index (χ4n) is 3.36. The molecule has 0 radical (unpaired) electrons. The predicted molar refractivity (Wildman–Crippen MR) is 118 cm³/mol. The summed E-state index contributed by atoms with van der Waals surface area (Å²) in [4.78, 5) is 30.0. The molecule has 0 aliphatic carbocycles. The van der Waals surface area contributed by atoms with Gasteiger partial charge in [-0.25, -0.2) is 9.97 Å². The third-order valence-corrected chi connectivity index (χ3v) is 5.16. The van der Waals surface area contributed by atoms with Crippen LogP contribution in [0.25, 0.3) is 16.7 Å². The number of rotatable bonds is 7. The van der Waals surface area contributed by atoms with Gasteiger partial charge in [0.05, 0.1) is 29.6 Å². The lowest BCUT2D eigenvalue weighted by Gasteiger charge is -2.28. The molecule has 0 fully saturated rings. The zero-order chi connectivity index (χ0) is 21.8. The standard InChI is InChI=1S/C22H24N8O/c1-4-16(13-24-20-14-23-17-7-5-6-8-18(17)28-20)29(3)22(31)21-19(10-9-15(2)27-21)30-25-11-12-26-30/h5-12,14,16H,4,13H2,1-3H3,(H,24,28)/t16-/m0/s1. The maximum absolute atomic E-state index is 13.3. The average molecular weight is 416 g/mol. The van der Waals surface area contributed by atoms with Crippen LogP contribution in [0.4, 0.5) is 5.82 Å². The monoisotopic (exact) mass is 416 g/mol. The molecule has 4 rings (SSSR count). The first-order chi connectivity index (χ1) is 15.1. The fourth-order valence-corrected chi connectivity index (χ4v) is 3.36. The molecule has 9 nitrogen and oxygen atoms in total. The van der Waals surface area contributed by atoms with E-state index in [1.54, 1.807) is 30.5 Å². The van der Waals surface area contributed by atoms with Gasteiger partial charge in [0.2, 0.25) is 0 Å². The predicted octanol–water partition coefficient (Wildman–Crippen LogP) is 2.88. The third kappa shape index (κ3) is 4.35.